The molecule has 0 atom stereocenters. The molecule has 1 amide bonds. The van der Waals surface area contributed by atoms with E-state index >= 15 is 0 Å². The summed E-state index contributed by atoms with van der Waals surface area (Å²) in [6.07, 6.45) is 6.22. The number of fused-ring (bicyclic) bond motifs is 1. The molecule has 1 aliphatic rings. The number of aromatic nitrogens is 1. The van der Waals surface area contributed by atoms with Gasteiger partial charge in [-0.1, -0.05) is 6.07 Å². The molecule has 0 bridgehead atoms. The Morgan fingerprint density at radius 3 is 2.82 bits per heavy atom. The Labute approximate surface area is 130 Å². The summed E-state index contributed by atoms with van der Waals surface area (Å²) in [5.74, 6) is -0.225. The number of aryl methyl sites for hydroxylation is 3. The molecule has 0 spiro atoms. The second kappa shape index (κ2) is 6.10. The number of nitrogens with zero attached hydrogens (tertiary/aromatic N) is 2. The highest BCUT2D eigenvalue weighted by molar-refractivity contribution is 6.04. The molecule has 0 aliphatic heterocycles. The maximum atomic E-state index is 12.1. The second-order valence-electron chi connectivity index (χ2n) is 5.69. The highest BCUT2D eigenvalue weighted by atomic mass is 16.2. The zero-order chi connectivity index (χ0) is 15.5. The van der Waals surface area contributed by atoms with E-state index in [1.165, 1.54) is 28.5 Å². The fourth-order valence-electron chi connectivity index (χ4n) is 2.73. The van der Waals surface area contributed by atoms with Gasteiger partial charge in [-0.25, -0.2) is 5.43 Å². The lowest BCUT2D eigenvalue weighted by Gasteiger charge is -2.19. The number of carbonyl (C=O) groups excluding carboxylic acids is 1. The van der Waals surface area contributed by atoms with Crippen LogP contribution in [0.5, 0.6) is 0 Å². The molecule has 112 valence electrons. The maximum Gasteiger partial charge on any atom is 0.272 e. The molecule has 1 heterocycles. The maximum absolute atomic E-state index is 12.1. The molecule has 4 nitrogen and oxygen atoms in total. The van der Waals surface area contributed by atoms with Gasteiger partial charge in [0.1, 0.15) is 0 Å². The second-order valence-corrected chi connectivity index (χ2v) is 5.69. The van der Waals surface area contributed by atoms with Crippen molar-refractivity contribution in [3.8, 4) is 0 Å². The molecule has 3 rings (SSSR count). The number of hydrogen-bond donors (Lipinski definition) is 1. The fourth-order valence-corrected chi connectivity index (χ4v) is 2.73. The first kappa shape index (κ1) is 14.4. The van der Waals surface area contributed by atoms with E-state index in [0.717, 1.165) is 25.0 Å². The van der Waals surface area contributed by atoms with Crippen LogP contribution in [0.4, 0.5) is 0 Å². The number of hydrogen-bond acceptors (Lipinski definition) is 3. The Balaban J connectivity index is 1.85. The van der Waals surface area contributed by atoms with Crippen molar-refractivity contribution < 1.29 is 4.79 Å². The van der Waals surface area contributed by atoms with Gasteiger partial charge in [0.2, 0.25) is 0 Å². The first-order valence-electron chi connectivity index (χ1n) is 7.52. The first-order chi connectivity index (χ1) is 10.6. The smallest absolute Gasteiger partial charge is 0.267 e. The third-order valence-electron chi connectivity index (χ3n) is 4.11. The molecule has 0 radical (unpaired) electrons. The van der Waals surface area contributed by atoms with E-state index in [1.807, 2.05) is 0 Å². The molecule has 1 N–H and O–H groups in total. The summed E-state index contributed by atoms with van der Waals surface area (Å²) in [4.78, 5) is 16.0. The molecule has 0 saturated carbocycles. The Bertz CT molecular complexity index is 735. The number of rotatable bonds is 2. The van der Waals surface area contributed by atoms with Gasteiger partial charge in [0.25, 0.3) is 5.91 Å². The van der Waals surface area contributed by atoms with Crippen LogP contribution in [0, 0.1) is 13.8 Å². The van der Waals surface area contributed by atoms with Gasteiger partial charge in [-0.15, -0.1) is 0 Å². The number of benzene rings is 1. The molecule has 1 aliphatic carbocycles. The Morgan fingerprint density at radius 2 is 2.05 bits per heavy atom. The SMILES string of the molecule is Cc1cc2c(cc1C)/C(=N/NC(=O)c1cccnc1)CCC2. The summed E-state index contributed by atoms with van der Waals surface area (Å²) < 4.78 is 0. The van der Waals surface area contributed by atoms with E-state index in [0.29, 0.717) is 5.56 Å². The molecule has 0 unspecified atom stereocenters. The molecular weight excluding hydrogens is 274 g/mol. The van der Waals surface area contributed by atoms with E-state index in [2.05, 4.69) is 41.5 Å². The molecular formula is C18H19N3O. The zero-order valence-electron chi connectivity index (χ0n) is 12.9. The van der Waals surface area contributed by atoms with Gasteiger partial charge in [0.05, 0.1) is 11.3 Å². The molecule has 2 aromatic rings. The van der Waals surface area contributed by atoms with E-state index in [-0.39, 0.29) is 5.91 Å². The van der Waals surface area contributed by atoms with Gasteiger partial charge >= 0.3 is 0 Å². The van der Waals surface area contributed by atoms with Gasteiger partial charge in [-0.3, -0.25) is 9.78 Å². The van der Waals surface area contributed by atoms with Gasteiger partial charge in [0, 0.05) is 18.0 Å². The van der Waals surface area contributed by atoms with Crippen molar-refractivity contribution >= 4 is 11.6 Å². The third kappa shape index (κ3) is 2.91. The summed E-state index contributed by atoms with van der Waals surface area (Å²) in [5, 5.41) is 4.36. The van der Waals surface area contributed by atoms with E-state index in [4.69, 9.17) is 0 Å². The Morgan fingerprint density at radius 1 is 1.23 bits per heavy atom. The number of carbonyl (C=O) groups is 1. The van der Waals surface area contributed by atoms with Crippen LogP contribution in [0.1, 0.15) is 45.5 Å². The van der Waals surface area contributed by atoms with E-state index < -0.39 is 0 Å². The molecule has 1 aromatic carbocycles. The lowest BCUT2D eigenvalue weighted by Crippen LogP contribution is -2.22. The first-order valence-corrected chi connectivity index (χ1v) is 7.52. The fraction of sp³-hybridized carbons (Fsp3) is 0.278. The average molecular weight is 293 g/mol. The van der Waals surface area contributed by atoms with E-state index in [9.17, 15) is 4.79 Å². The molecule has 22 heavy (non-hydrogen) atoms. The van der Waals surface area contributed by atoms with Crippen LogP contribution in [0.3, 0.4) is 0 Å². The van der Waals surface area contributed by atoms with Crippen LogP contribution >= 0.6 is 0 Å². The van der Waals surface area contributed by atoms with Crippen molar-refractivity contribution in [2.45, 2.75) is 33.1 Å². The lowest BCUT2D eigenvalue weighted by molar-refractivity contribution is 0.0954. The summed E-state index contributed by atoms with van der Waals surface area (Å²) in [6.45, 7) is 4.24. The minimum absolute atomic E-state index is 0.225. The van der Waals surface area contributed by atoms with Gasteiger partial charge < -0.3 is 0 Å². The largest absolute Gasteiger partial charge is 0.272 e. The van der Waals surface area contributed by atoms with Gasteiger partial charge in [-0.2, -0.15) is 5.10 Å². The Kier molecular flexibility index (Phi) is 4.00. The predicted octanol–water partition coefficient (Wildman–Crippen LogP) is 3.17. The van der Waals surface area contributed by atoms with Crippen molar-refractivity contribution in [1.82, 2.24) is 10.4 Å². The number of pyridine rings is 1. The summed E-state index contributed by atoms with van der Waals surface area (Å²) >= 11 is 0. The van der Waals surface area contributed by atoms with Crippen molar-refractivity contribution in [3.05, 3.63) is 64.5 Å². The van der Waals surface area contributed by atoms with Crippen LogP contribution in [-0.4, -0.2) is 16.6 Å². The predicted molar refractivity (Wildman–Crippen MR) is 87.1 cm³/mol. The van der Waals surface area contributed by atoms with Crippen molar-refractivity contribution in [1.29, 1.82) is 0 Å². The number of amides is 1. The monoisotopic (exact) mass is 293 g/mol. The molecule has 1 aromatic heterocycles. The third-order valence-corrected chi connectivity index (χ3v) is 4.11. The molecule has 0 fully saturated rings. The summed E-state index contributed by atoms with van der Waals surface area (Å²) in [5.41, 5.74) is 9.18. The van der Waals surface area contributed by atoms with Crippen LogP contribution in [-0.2, 0) is 6.42 Å². The van der Waals surface area contributed by atoms with Crippen LogP contribution in [0.25, 0.3) is 0 Å². The standard InChI is InChI=1S/C18H19N3O/c1-12-9-14-5-3-7-17(16(14)10-13(12)2)20-21-18(22)15-6-4-8-19-11-15/h4,6,8-11H,3,5,7H2,1-2H3,(H,21,22)/b20-17+. The van der Waals surface area contributed by atoms with E-state index in [1.54, 1.807) is 18.3 Å². The van der Waals surface area contributed by atoms with Gasteiger partial charge in [0.15, 0.2) is 0 Å². The van der Waals surface area contributed by atoms with Crippen molar-refractivity contribution in [2.24, 2.45) is 5.10 Å². The summed E-state index contributed by atoms with van der Waals surface area (Å²) in [7, 11) is 0. The van der Waals surface area contributed by atoms with Gasteiger partial charge in [-0.05, 0) is 68.0 Å². The van der Waals surface area contributed by atoms with Crippen LogP contribution < -0.4 is 5.43 Å². The quantitative estimate of drug-likeness (QED) is 0.865. The highest BCUT2D eigenvalue weighted by Crippen LogP contribution is 2.24. The average Bonchev–Trinajstić information content (AvgIpc) is 2.54. The van der Waals surface area contributed by atoms with Crippen LogP contribution in [0.2, 0.25) is 0 Å². The van der Waals surface area contributed by atoms with Crippen molar-refractivity contribution in [3.63, 3.8) is 0 Å². The van der Waals surface area contributed by atoms with Crippen molar-refractivity contribution in [2.75, 3.05) is 0 Å². The number of nitrogens with one attached hydrogen (secondary N) is 1. The normalized spacial score (nSPS) is 15.5. The highest BCUT2D eigenvalue weighted by Gasteiger charge is 2.17. The zero-order valence-corrected chi connectivity index (χ0v) is 12.9. The molecule has 4 heteroatoms. The van der Waals surface area contributed by atoms with Crippen LogP contribution in [0.15, 0.2) is 41.8 Å². The topological polar surface area (TPSA) is 54.4 Å². The minimum atomic E-state index is -0.225. The molecule has 0 saturated heterocycles. The Hall–Kier alpha value is -2.49. The summed E-state index contributed by atoms with van der Waals surface area (Å²) in [6, 6.07) is 7.89. The number of hydrazone groups is 1. The minimum Gasteiger partial charge on any atom is -0.267 e. The lowest BCUT2D eigenvalue weighted by atomic mass is 9.87.